The Morgan fingerprint density at radius 3 is 2.81 bits per heavy atom. The summed E-state index contributed by atoms with van der Waals surface area (Å²) in [6.07, 6.45) is 1.74. The van der Waals surface area contributed by atoms with Crippen molar-refractivity contribution >= 4 is 33.4 Å². The predicted octanol–water partition coefficient (Wildman–Crippen LogP) is 3.72. The van der Waals surface area contributed by atoms with E-state index in [4.69, 9.17) is 5.73 Å². The number of halogens is 1. The molecular weight excluding hydrogens is 284 g/mol. The number of thioether (sulfide) groups is 1. The Balaban J connectivity index is 2.05. The molecule has 1 heterocycles. The highest BCUT2D eigenvalue weighted by Crippen LogP contribution is 2.29. The van der Waals surface area contributed by atoms with Crippen molar-refractivity contribution in [2.45, 2.75) is 10.6 Å². The van der Waals surface area contributed by atoms with Gasteiger partial charge in [-0.15, -0.1) is 11.8 Å². The van der Waals surface area contributed by atoms with E-state index in [9.17, 15) is 0 Å². The summed E-state index contributed by atoms with van der Waals surface area (Å²) >= 11 is 5.26. The highest BCUT2D eigenvalue weighted by molar-refractivity contribution is 9.10. The van der Waals surface area contributed by atoms with Gasteiger partial charge >= 0.3 is 0 Å². The molecule has 0 radical (unpaired) electrons. The van der Waals surface area contributed by atoms with Gasteiger partial charge in [-0.05, 0) is 40.2 Å². The zero-order chi connectivity index (χ0) is 11.4. The van der Waals surface area contributed by atoms with E-state index in [2.05, 4.69) is 27.0 Å². The lowest BCUT2D eigenvalue weighted by atomic mass is 10.3. The summed E-state index contributed by atoms with van der Waals surface area (Å²) in [4.78, 5) is 5.48. The van der Waals surface area contributed by atoms with Crippen LogP contribution in [0.5, 0.6) is 0 Å². The van der Waals surface area contributed by atoms with Crippen LogP contribution >= 0.6 is 27.7 Å². The quantitative estimate of drug-likeness (QED) is 0.877. The molecule has 0 saturated carbocycles. The van der Waals surface area contributed by atoms with Gasteiger partial charge in [0.2, 0.25) is 0 Å². The Bertz CT molecular complexity index is 488. The number of nitrogen functional groups attached to an aromatic ring is 1. The van der Waals surface area contributed by atoms with Gasteiger partial charge in [0.25, 0.3) is 0 Å². The highest BCUT2D eigenvalue weighted by Gasteiger charge is 2.01. The number of hydrogen-bond acceptors (Lipinski definition) is 3. The minimum atomic E-state index is 0.762. The van der Waals surface area contributed by atoms with Crippen molar-refractivity contribution in [3.05, 3.63) is 52.8 Å². The smallest absolute Gasteiger partial charge is 0.0526 e. The molecule has 1 aromatic heterocycles. The summed E-state index contributed by atoms with van der Waals surface area (Å²) in [5.41, 5.74) is 7.46. The predicted molar refractivity (Wildman–Crippen MR) is 72.4 cm³/mol. The number of anilines is 1. The van der Waals surface area contributed by atoms with Crippen LogP contribution in [-0.4, -0.2) is 4.98 Å². The third kappa shape index (κ3) is 3.00. The average Bonchev–Trinajstić information content (AvgIpc) is 2.28. The molecule has 0 amide bonds. The summed E-state index contributed by atoms with van der Waals surface area (Å²) in [6.45, 7) is 0. The minimum absolute atomic E-state index is 0.762. The number of rotatable bonds is 3. The van der Waals surface area contributed by atoms with E-state index >= 15 is 0 Å². The van der Waals surface area contributed by atoms with Crippen LogP contribution in [0.25, 0.3) is 0 Å². The second-order valence-electron chi connectivity index (χ2n) is 3.30. The van der Waals surface area contributed by atoms with Gasteiger partial charge in [0.1, 0.15) is 0 Å². The minimum Gasteiger partial charge on any atom is -0.399 e. The third-order valence-corrected chi connectivity index (χ3v) is 4.11. The highest BCUT2D eigenvalue weighted by atomic mass is 79.9. The van der Waals surface area contributed by atoms with Crippen LogP contribution in [0.4, 0.5) is 5.69 Å². The molecule has 2 aromatic rings. The first-order valence-corrected chi connectivity index (χ1v) is 6.61. The lowest BCUT2D eigenvalue weighted by Crippen LogP contribution is -1.90. The van der Waals surface area contributed by atoms with Crippen molar-refractivity contribution in [1.29, 1.82) is 0 Å². The topological polar surface area (TPSA) is 38.9 Å². The fourth-order valence-electron chi connectivity index (χ4n) is 1.29. The van der Waals surface area contributed by atoms with Crippen molar-refractivity contribution in [3.63, 3.8) is 0 Å². The van der Waals surface area contributed by atoms with Gasteiger partial charge in [0.05, 0.1) is 5.69 Å². The normalized spacial score (nSPS) is 10.3. The van der Waals surface area contributed by atoms with Crippen molar-refractivity contribution in [2.24, 2.45) is 0 Å². The number of nitrogens with zero attached hydrogens (tertiary/aromatic N) is 1. The van der Waals surface area contributed by atoms with Crippen LogP contribution < -0.4 is 5.73 Å². The van der Waals surface area contributed by atoms with Gasteiger partial charge in [0.15, 0.2) is 0 Å². The Hall–Kier alpha value is -1.00. The van der Waals surface area contributed by atoms with Crippen LogP contribution in [0, 0.1) is 0 Å². The van der Waals surface area contributed by atoms with Crippen molar-refractivity contribution in [3.8, 4) is 0 Å². The van der Waals surface area contributed by atoms with Gasteiger partial charge in [-0.25, -0.2) is 0 Å². The maximum Gasteiger partial charge on any atom is 0.0526 e. The van der Waals surface area contributed by atoms with Crippen LogP contribution in [0.2, 0.25) is 0 Å². The number of nitrogens with two attached hydrogens (primary N) is 1. The molecule has 0 bridgehead atoms. The molecule has 0 aliphatic heterocycles. The van der Waals surface area contributed by atoms with E-state index in [1.807, 2.05) is 24.3 Å². The Labute approximate surface area is 107 Å². The molecule has 16 heavy (non-hydrogen) atoms. The van der Waals surface area contributed by atoms with Gasteiger partial charge in [-0.1, -0.05) is 12.1 Å². The maximum absolute atomic E-state index is 5.70. The molecule has 2 nitrogen and oxygen atoms in total. The summed E-state index contributed by atoms with van der Waals surface area (Å²) in [5, 5.41) is 0. The fourth-order valence-corrected chi connectivity index (χ4v) is 2.76. The lowest BCUT2D eigenvalue weighted by molar-refractivity contribution is 1.17. The SMILES string of the molecule is Nc1ccnc(CSc2ccccc2Br)c1. The van der Waals surface area contributed by atoms with E-state index < -0.39 is 0 Å². The molecule has 2 rings (SSSR count). The number of hydrogen-bond donors (Lipinski definition) is 1. The largest absolute Gasteiger partial charge is 0.399 e. The molecule has 0 aliphatic rings. The number of aromatic nitrogens is 1. The molecule has 0 saturated heterocycles. The Morgan fingerprint density at radius 2 is 2.06 bits per heavy atom. The molecule has 82 valence electrons. The van der Waals surface area contributed by atoms with Crippen LogP contribution in [0.15, 0.2) is 52.0 Å². The van der Waals surface area contributed by atoms with E-state index in [1.165, 1.54) is 4.90 Å². The monoisotopic (exact) mass is 294 g/mol. The van der Waals surface area contributed by atoms with Gasteiger partial charge in [-0.3, -0.25) is 4.98 Å². The van der Waals surface area contributed by atoms with Gasteiger partial charge in [0, 0.05) is 27.0 Å². The molecule has 0 aliphatic carbocycles. The van der Waals surface area contributed by atoms with Crippen molar-refractivity contribution in [2.75, 3.05) is 5.73 Å². The Kier molecular flexibility index (Phi) is 3.85. The average molecular weight is 295 g/mol. The molecule has 2 N–H and O–H groups in total. The van der Waals surface area contributed by atoms with Crippen LogP contribution in [0.3, 0.4) is 0 Å². The molecule has 0 spiro atoms. The first-order chi connectivity index (χ1) is 7.75. The third-order valence-electron chi connectivity index (χ3n) is 2.05. The standard InChI is InChI=1S/C12H11BrN2S/c13-11-3-1-2-4-12(11)16-8-10-7-9(14)5-6-15-10/h1-7H,8H2,(H2,14,15). The maximum atomic E-state index is 5.70. The molecule has 1 aromatic carbocycles. The van der Waals surface area contributed by atoms with E-state index in [0.717, 1.165) is 21.6 Å². The van der Waals surface area contributed by atoms with Crippen molar-refractivity contribution in [1.82, 2.24) is 4.98 Å². The lowest BCUT2D eigenvalue weighted by Gasteiger charge is -2.04. The van der Waals surface area contributed by atoms with Crippen LogP contribution in [-0.2, 0) is 5.75 Å². The molecule has 0 fully saturated rings. The molecule has 4 heteroatoms. The number of benzene rings is 1. The Morgan fingerprint density at radius 1 is 1.25 bits per heavy atom. The van der Waals surface area contributed by atoms with Crippen molar-refractivity contribution < 1.29 is 0 Å². The summed E-state index contributed by atoms with van der Waals surface area (Å²) < 4.78 is 1.11. The summed E-state index contributed by atoms with van der Waals surface area (Å²) in [5.74, 6) is 0.827. The van der Waals surface area contributed by atoms with E-state index in [1.54, 1.807) is 24.0 Å². The van der Waals surface area contributed by atoms with E-state index in [0.29, 0.717) is 0 Å². The number of pyridine rings is 1. The van der Waals surface area contributed by atoms with Gasteiger partial charge < -0.3 is 5.73 Å². The fraction of sp³-hybridized carbons (Fsp3) is 0.0833. The van der Waals surface area contributed by atoms with E-state index in [-0.39, 0.29) is 0 Å². The second kappa shape index (κ2) is 5.37. The summed E-state index contributed by atoms with van der Waals surface area (Å²) in [6, 6.07) is 11.9. The van der Waals surface area contributed by atoms with Crippen LogP contribution in [0.1, 0.15) is 5.69 Å². The summed E-state index contributed by atoms with van der Waals surface area (Å²) in [7, 11) is 0. The van der Waals surface area contributed by atoms with Gasteiger partial charge in [-0.2, -0.15) is 0 Å². The second-order valence-corrected chi connectivity index (χ2v) is 5.17. The first-order valence-electron chi connectivity index (χ1n) is 4.83. The first kappa shape index (κ1) is 11.5. The molecule has 0 atom stereocenters. The zero-order valence-corrected chi connectivity index (χ0v) is 11.0. The molecular formula is C12H11BrN2S. The molecule has 0 unspecified atom stereocenters. The zero-order valence-electron chi connectivity index (χ0n) is 8.56.